The van der Waals surface area contributed by atoms with Crippen LogP contribution in [0.2, 0.25) is 0 Å². The van der Waals surface area contributed by atoms with Gasteiger partial charge in [-0.05, 0) is 61.0 Å². The minimum Gasteiger partial charge on any atom is -0.322 e. The number of fused-ring (bicyclic) bond motifs is 1. The van der Waals surface area contributed by atoms with Crippen LogP contribution in [0.1, 0.15) is 15.9 Å². The van der Waals surface area contributed by atoms with Gasteiger partial charge in [-0.15, -0.1) is 0 Å². The molecule has 2 aromatic heterocycles. The summed E-state index contributed by atoms with van der Waals surface area (Å²) in [6, 6.07) is 14.8. The maximum Gasteiger partial charge on any atom is 0.301 e. The van der Waals surface area contributed by atoms with Gasteiger partial charge in [0.15, 0.2) is 0 Å². The Morgan fingerprint density at radius 2 is 1.97 bits per heavy atom. The number of carbonyl (C=O) groups excluding carboxylic acids is 1. The molecule has 0 spiro atoms. The molecule has 5 rings (SSSR count). The second-order valence-corrected chi connectivity index (χ2v) is 9.56. The zero-order chi connectivity index (χ0) is 23.9. The predicted octanol–water partition coefficient (Wildman–Crippen LogP) is 3.65. The molecular formula is C24H20FN5O3S. The van der Waals surface area contributed by atoms with Crippen LogP contribution in [0.4, 0.5) is 15.8 Å². The lowest BCUT2D eigenvalue weighted by Crippen LogP contribution is -2.29. The van der Waals surface area contributed by atoms with E-state index in [-0.39, 0.29) is 24.3 Å². The Labute approximate surface area is 195 Å². The van der Waals surface area contributed by atoms with Gasteiger partial charge in [0.25, 0.3) is 5.91 Å². The van der Waals surface area contributed by atoms with Gasteiger partial charge in [0, 0.05) is 42.1 Å². The van der Waals surface area contributed by atoms with Crippen molar-refractivity contribution in [3.8, 4) is 11.3 Å². The third-order valence-corrected chi connectivity index (χ3v) is 7.18. The molecule has 2 aromatic carbocycles. The fourth-order valence-electron chi connectivity index (χ4n) is 3.87. The summed E-state index contributed by atoms with van der Waals surface area (Å²) in [4.78, 5) is 21.6. The molecule has 0 saturated carbocycles. The van der Waals surface area contributed by atoms with Crippen molar-refractivity contribution in [2.75, 3.05) is 22.7 Å². The highest BCUT2D eigenvalue weighted by atomic mass is 32.2. The lowest BCUT2D eigenvalue weighted by molar-refractivity contribution is 0.102. The number of aryl methyl sites for hydroxylation is 1. The van der Waals surface area contributed by atoms with Crippen LogP contribution in [0.25, 0.3) is 22.2 Å². The van der Waals surface area contributed by atoms with Gasteiger partial charge in [0.2, 0.25) is 0 Å². The zero-order valence-electron chi connectivity index (χ0n) is 18.1. The lowest BCUT2D eigenvalue weighted by Gasteiger charge is -2.16. The molecule has 4 aromatic rings. The zero-order valence-corrected chi connectivity index (χ0v) is 18.9. The Kier molecular flexibility index (Phi) is 5.46. The Morgan fingerprint density at radius 3 is 2.74 bits per heavy atom. The molecule has 1 fully saturated rings. The molecule has 1 amide bonds. The number of nitrogens with one attached hydrogen (secondary N) is 2. The summed E-state index contributed by atoms with van der Waals surface area (Å²) in [5.41, 5.74) is 3.80. The van der Waals surface area contributed by atoms with E-state index in [2.05, 4.69) is 20.0 Å². The third-order valence-electron chi connectivity index (χ3n) is 5.64. The van der Waals surface area contributed by atoms with Crippen molar-refractivity contribution in [2.24, 2.45) is 0 Å². The van der Waals surface area contributed by atoms with Crippen molar-refractivity contribution >= 4 is 38.4 Å². The van der Waals surface area contributed by atoms with Crippen molar-refractivity contribution in [1.29, 1.82) is 0 Å². The van der Waals surface area contributed by atoms with E-state index in [1.165, 1.54) is 12.1 Å². The molecule has 1 saturated heterocycles. The van der Waals surface area contributed by atoms with E-state index in [4.69, 9.17) is 0 Å². The van der Waals surface area contributed by atoms with E-state index < -0.39 is 21.9 Å². The first kappa shape index (κ1) is 21.9. The van der Waals surface area contributed by atoms with E-state index in [1.54, 1.807) is 24.5 Å². The molecular weight excluding hydrogens is 457 g/mol. The number of amides is 1. The quantitative estimate of drug-likeness (QED) is 0.467. The summed E-state index contributed by atoms with van der Waals surface area (Å²) in [5, 5.41) is 3.64. The van der Waals surface area contributed by atoms with Crippen molar-refractivity contribution < 1.29 is 17.6 Å². The molecule has 0 radical (unpaired) electrons. The van der Waals surface area contributed by atoms with Crippen LogP contribution in [-0.4, -0.2) is 37.4 Å². The first-order valence-electron chi connectivity index (χ1n) is 10.5. The lowest BCUT2D eigenvalue weighted by atomic mass is 10.0. The molecule has 172 valence electrons. The molecule has 2 N–H and O–H groups in total. The highest BCUT2D eigenvalue weighted by Gasteiger charge is 2.28. The second kappa shape index (κ2) is 8.47. The number of aromatic nitrogens is 2. The summed E-state index contributed by atoms with van der Waals surface area (Å²) in [7, 11) is -3.68. The summed E-state index contributed by atoms with van der Waals surface area (Å²) in [6.07, 6.45) is 3.42. The number of benzene rings is 2. The van der Waals surface area contributed by atoms with Gasteiger partial charge in [-0.2, -0.15) is 13.1 Å². The van der Waals surface area contributed by atoms with Crippen molar-refractivity contribution in [1.82, 2.24) is 14.7 Å². The molecule has 0 aliphatic carbocycles. The molecule has 34 heavy (non-hydrogen) atoms. The third kappa shape index (κ3) is 4.09. The number of halogens is 1. The Bertz CT molecular complexity index is 1540. The van der Waals surface area contributed by atoms with Gasteiger partial charge in [-0.3, -0.25) is 14.1 Å². The average molecular weight is 478 g/mol. The maximum atomic E-state index is 14.7. The van der Waals surface area contributed by atoms with Crippen LogP contribution < -0.4 is 14.3 Å². The van der Waals surface area contributed by atoms with Crippen molar-refractivity contribution in [3.63, 3.8) is 0 Å². The maximum absolute atomic E-state index is 14.7. The van der Waals surface area contributed by atoms with Crippen LogP contribution in [0.3, 0.4) is 0 Å². The van der Waals surface area contributed by atoms with Crippen molar-refractivity contribution in [2.45, 2.75) is 6.92 Å². The molecule has 1 aliphatic heterocycles. The van der Waals surface area contributed by atoms with E-state index in [0.29, 0.717) is 5.69 Å². The number of hydrogen-bond donors (Lipinski definition) is 2. The Hall–Kier alpha value is -3.89. The van der Waals surface area contributed by atoms with Crippen LogP contribution >= 0.6 is 0 Å². The minimum atomic E-state index is -3.68. The van der Waals surface area contributed by atoms with Gasteiger partial charge >= 0.3 is 10.2 Å². The van der Waals surface area contributed by atoms with Gasteiger partial charge in [0.1, 0.15) is 5.82 Å². The molecule has 3 heterocycles. The highest BCUT2D eigenvalue weighted by Crippen LogP contribution is 2.28. The molecule has 0 bridgehead atoms. The Balaban J connectivity index is 1.41. The highest BCUT2D eigenvalue weighted by molar-refractivity contribution is 7.91. The average Bonchev–Trinajstić information content (AvgIpc) is 3.18. The minimum absolute atomic E-state index is 0.161. The molecule has 1 aliphatic rings. The van der Waals surface area contributed by atoms with Crippen LogP contribution in [0, 0.1) is 12.7 Å². The monoisotopic (exact) mass is 477 g/mol. The number of pyridine rings is 2. The van der Waals surface area contributed by atoms with Crippen LogP contribution in [0.15, 0.2) is 67.0 Å². The summed E-state index contributed by atoms with van der Waals surface area (Å²) < 4.78 is 42.1. The smallest absolute Gasteiger partial charge is 0.301 e. The van der Waals surface area contributed by atoms with Gasteiger partial charge < -0.3 is 5.32 Å². The van der Waals surface area contributed by atoms with Crippen molar-refractivity contribution in [3.05, 3.63) is 83.9 Å². The molecule has 0 unspecified atom stereocenters. The van der Waals surface area contributed by atoms with Gasteiger partial charge in [-0.25, -0.2) is 9.37 Å². The second-order valence-electron chi connectivity index (χ2n) is 7.88. The predicted molar refractivity (Wildman–Crippen MR) is 128 cm³/mol. The topological polar surface area (TPSA) is 104 Å². The number of anilines is 2. The van der Waals surface area contributed by atoms with Gasteiger partial charge in [-0.1, -0.05) is 6.07 Å². The van der Waals surface area contributed by atoms with E-state index in [9.17, 15) is 17.6 Å². The summed E-state index contributed by atoms with van der Waals surface area (Å²) in [6.45, 7) is 2.38. The van der Waals surface area contributed by atoms with Gasteiger partial charge in [0.05, 0.1) is 22.5 Å². The normalized spacial score (nSPS) is 14.9. The van der Waals surface area contributed by atoms with Crippen LogP contribution in [-0.2, 0) is 10.2 Å². The summed E-state index contributed by atoms with van der Waals surface area (Å²) >= 11 is 0. The fraction of sp³-hybridized carbons (Fsp3) is 0.125. The van der Waals surface area contributed by atoms with E-state index in [0.717, 1.165) is 38.1 Å². The van der Waals surface area contributed by atoms with E-state index >= 15 is 0 Å². The number of rotatable bonds is 4. The number of hydrogen-bond acceptors (Lipinski definition) is 5. The fourth-order valence-corrected chi connectivity index (χ4v) is 5.10. The Morgan fingerprint density at radius 1 is 1.12 bits per heavy atom. The number of carbonyl (C=O) groups is 1. The largest absolute Gasteiger partial charge is 0.322 e. The number of nitrogens with zero attached hydrogens (tertiary/aromatic N) is 3. The first-order chi connectivity index (χ1) is 16.3. The van der Waals surface area contributed by atoms with E-state index in [1.807, 2.05) is 31.2 Å². The standard InChI is InChI=1S/C24H20FN5O3S/c1-15-2-4-17(12-20(15)23-7-3-16-14-26-9-8-22(16)29-23)28-24(31)19-6-5-18(13-21(19)25)30-11-10-27-34(30,32)33/h2-9,12-14,27H,10-11H2,1H3,(H,28,31). The van der Waals surface area contributed by atoms with Crippen LogP contribution in [0.5, 0.6) is 0 Å². The molecule has 0 atom stereocenters. The first-order valence-corrected chi connectivity index (χ1v) is 12.0. The summed E-state index contributed by atoms with van der Waals surface area (Å²) in [5.74, 6) is -1.45. The SMILES string of the molecule is Cc1ccc(NC(=O)c2ccc(N3CCNS3(=O)=O)cc2F)cc1-c1ccc2cnccc2n1. The molecule has 8 nitrogen and oxygen atoms in total. The molecule has 10 heteroatoms.